The Balaban J connectivity index is 0. The summed E-state index contributed by atoms with van der Waals surface area (Å²) in [6.45, 7) is 0. The standard InChI is InChI=1S/CHO2.O.Y/c2-1-3;;/h(H,2,3);;/q;-2;+2. The molecule has 0 aromatic carbocycles. The van der Waals surface area contributed by atoms with Crippen LogP contribution in [0.2, 0.25) is 0 Å². The van der Waals surface area contributed by atoms with E-state index in [1.807, 2.05) is 0 Å². The van der Waals surface area contributed by atoms with Gasteiger partial charge in [-0.3, -0.25) is 0 Å². The molecule has 26 valence electrons. The van der Waals surface area contributed by atoms with Crippen molar-refractivity contribution in [1.29, 1.82) is 0 Å². The summed E-state index contributed by atoms with van der Waals surface area (Å²) in [7, 11) is 0. The molecule has 0 aliphatic heterocycles. The molecule has 0 aromatic rings. The molecule has 0 bridgehead atoms. The number of rotatable bonds is 0. The maximum atomic E-state index is 9.06. The first kappa shape index (κ1) is 9.11. The molecule has 0 radical (unpaired) electrons. The molecule has 0 aromatic heterocycles. The zero-order chi connectivity index (χ0) is 3.58. The zero-order valence-corrected chi connectivity index (χ0v) is 5.18. The van der Waals surface area contributed by atoms with Crippen LogP contribution in [-0.2, 0) is 36.4 Å². The fourth-order valence-electron chi connectivity index (χ4n) is 0. The Bertz CT molecular complexity index is 29.9. The molecule has 0 aliphatic rings. The van der Waals surface area contributed by atoms with Gasteiger partial charge in [0.2, 0.25) is 0 Å². The van der Waals surface area contributed by atoms with Gasteiger partial charge in [-0.2, -0.15) is 0 Å². The second-order valence-corrected chi connectivity index (χ2v) is 1.55. The predicted octanol–water partition coefficient (Wildman–Crippen LogP) is 0.0924. The predicted molar refractivity (Wildman–Crippen MR) is 8.71 cm³/mol. The van der Waals surface area contributed by atoms with Gasteiger partial charge in [0, 0.05) is 0 Å². The summed E-state index contributed by atoms with van der Waals surface area (Å²) in [6.07, 6.45) is 0. The van der Waals surface area contributed by atoms with Crippen LogP contribution in [0.25, 0.3) is 0 Å². The van der Waals surface area contributed by atoms with Crippen LogP contribution in [0.4, 0.5) is 4.79 Å². The smallest absolute Gasteiger partial charge is 2.00 e. The van der Waals surface area contributed by atoms with Gasteiger partial charge in [-0.1, -0.05) is 0 Å². The van der Waals surface area contributed by atoms with Crippen LogP contribution in [0.15, 0.2) is 0 Å². The number of carbonyl (C=O) groups is 1. The molecule has 0 rings (SSSR count). The molecule has 0 heterocycles. The van der Waals surface area contributed by atoms with Gasteiger partial charge < -0.3 is 5.48 Å². The fraction of sp³-hybridized carbons (Fsp3) is 0. The summed E-state index contributed by atoms with van der Waals surface area (Å²) >= 11 is 0.318. The number of hydrogen-bond donors (Lipinski definition) is 1. The Kier molecular flexibility index (Phi) is 8.26. The van der Waals surface area contributed by atoms with Crippen molar-refractivity contribution in [2.45, 2.75) is 0 Å². The van der Waals surface area contributed by atoms with Crippen LogP contribution < -0.4 is 0 Å². The first-order valence-electron chi connectivity index (χ1n) is 0.716. The third-order valence-corrected chi connectivity index (χ3v) is 0. The third-order valence-electron chi connectivity index (χ3n) is 0. The van der Waals surface area contributed by atoms with E-state index in [-0.39, 0.29) is 5.48 Å². The van der Waals surface area contributed by atoms with Crippen LogP contribution in [0.3, 0.4) is 0 Å². The van der Waals surface area contributed by atoms with Crippen LogP contribution in [-0.4, -0.2) is 7.89 Å². The molecule has 0 spiro atoms. The summed E-state index contributed by atoms with van der Waals surface area (Å²) in [6, 6.07) is 0. The number of hydrogen-bond acceptors (Lipinski definition) is 1. The van der Waals surface area contributed by atoms with Crippen molar-refractivity contribution in [3.05, 3.63) is 0 Å². The van der Waals surface area contributed by atoms with E-state index < -0.39 is 2.78 Å². The van der Waals surface area contributed by atoms with Gasteiger partial charge in [0.1, 0.15) is 0 Å². The van der Waals surface area contributed by atoms with Crippen LogP contribution in [0, 0.1) is 0 Å². The average molecular weight is 150 g/mol. The van der Waals surface area contributed by atoms with E-state index in [1.165, 1.54) is 0 Å². The first-order chi connectivity index (χ1) is 1.73. The van der Waals surface area contributed by atoms with Crippen molar-refractivity contribution in [2.24, 2.45) is 0 Å². The van der Waals surface area contributed by atoms with E-state index in [4.69, 9.17) is 9.90 Å². The fourth-order valence-corrected chi connectivity index (χ4v) is 0. The molecule has 0 saturated heterocycles. The monoisotopic (exact) mass is 150 g/mol. The van der Waals surface area contributed by atoms with Gasteiger partial charge in [-0.15, -0.1) is 0 Å². The topological polar surface area (TPSA) is 65.8 Å². The molecule has 5 heavy (non-hydrogen) atoms. The second kappa shape index (κ2) is 4.53. The Morgan fingerprint density at radius 1 is 1.80 bits per heavy atom. The maximum absolute atomic E-state index is 9.06. The third kappa shape index (κ3) is 102. The Morgan fingerprint density at radius 2 is 1.80 bits per heavy atom. The van der Waals surface area contributed by atoms with Crippen molar-refractivity contribution in [3.8, 4) is 0 Å². The molecular weight excluding hydrogens is 149 g/mol. The minimum absolute atomic E-state index is 0. The van der Waals surface area contributed by atoms with Gasteiger partial charge >= 0.3 is 43.6 Å². The van der Waals surface area contributed by atoms with Crippen LogP contribution >= 0.6 is 0 Å². The van der Waals surface area contributed by atoms with Gasteiger partial charge in [0.25, 0.3) is 0 Å². The summed E-state index contributed by atoms with van der Waals surface area (Å²) in [5.74, 6) is 0. The van der Waals surface area contributed by atoms with Gasteiger partial charge in [-0.25, -0.2) is 0 Å². The molecule has 0 unspecified atom stereocenters. The summed E-state index contributed by atoms with van der Waals surface area (Å²) in [5.41, 5.74) is 0. The van der Waals surface area contributed by atoms with Crippen molar-refractivity contribution in [2.75, 3.05) is 0 Å². The molecule has 0 amide bonds. The Morgan fingerprint density at radius 3 is 1.80 bits per heavy atom. The number of carboxylic acid groups (broad SMARTS) is 1. The zero-order valence-electron chi connectivity index (χ0n) is 2.34. The van der Waals surface area contributed by atoms with E-state index in [0.29, 0.717) is 31.0 Å². The van der Waals surface area contributed by atoms with E-state index in [2.05, 4.69) is 0 Å². The quantitative estimate of drug-likeness (QED) is 0.531. The molecule has 3 nitrogen and oxygen atoms in total. The Hall–Kier alpha value is 0.534. The molecular formula is CHO3Y. The molecule has 0 aliphatic carbocycles. The van der Waals surface area contributed by atoms with Gasteiger partial charge in [0.05, 0.1) is 0 Å². The second-order valence-electron chi connectivity index (χ2n) is 0.338. The minimum Gasteiger partial charge on any atom is -2.00 e. The normalized spacial score (nSPS) is 5.20. The molecule has 1 N–H and O–H groups in total. The largest absolute Gasteiger partial charge is 2.00 e. The van der Waals surface area contributed by atoms with Crippen molar-refractivity contribution in [3.63, 3.8) is 0 Å². The summed E-state index contributed by atoms with van der Waals surface area (Å²) < 4.78 is -0.703. The molecule has 0 saturated carbocycles. The molecule has 0 fully saturated rings. The van der Waals surface area contributed by atoms with E-state index in [0.717, 1.165) is 0 Å². The van der Waals surface area contributed by atoms with Crippen molar-refractivity contribution in [1.82, 2.24) is 0 Å². The van der Waals surface area contributed by atoms with Crippen LogP contribution in [0.1, 0.15) is 0 Å². The average Bonchev–Trinajstić information content (AvgIpc) is 0.811. The van der Waals surface area contributed by atoms with E-state index >= 15 is 0 Å². The first-order valence-corrected chi connectivity index (χ1v) is 2.14. The van der Waals surface area contributed by atoms with Gasteiger partial charge in [0.15, 0.2) is 0 Å². The van der Waals surface area contributed by atoms with Gasteiger partial charge in [-0.05, 0) is 0 Å². The summed E-state index contributed by atoms with van der Waals surface area (Å²) in [5, 5.41) is 7.47. The van der Waals surface area contributed by atoms with E-state index in [9.17, 15) is 0 Å². The summed E-state index contributed by atoms with van der Waals surface area (Å²) in [4.78, 5) is 9.06. The maximum Gasteiger partial charge on any atom is -2.00 e. The Labute approximate surface area is 49.1 Å². The minimum atomic E-state index is -0.703. The van der Waals surface area contributed by atoms with Crippen LogP contribution in [0.5, 0.6) is 0 Å². The SMILES string of the molecule is O=[C](O)[Y+2].[O-2]. The molecule has 4 heteroatoms. The molecule has 0 atom stereocenters. The van der Waals surface area contributed by atoms with E-state index in [1.54, 1.807) is 0 Å². The van der Waals surface area contributed by atoms with Crippen molar-refractivity contribution < 1.29 is 46.3 Å². The van der Waals surface area contributed by atoms with Crippen molar-refractivity contribution >= 4 is 2.78 Å².